The Balaban J connectivity index is 2.00. The van der Waals surface area contributed by atoms with E-state index in [1.807, 2.05) is 37.3 Å². The summed E-state index contributed by atoms with van der Waals surface area (Å²) in [5.74, 6) is 1.29. The van der Waals surface area contributed by atoms with Crippen LogP contribution in [0, 0.1) is 18.3 Å². The summed E-state index contributed by atoms with van der Waals surface area (Å²) in [5.41, 5.74) is 1.17. The highest BCUT2D eigenvalue weighted by molar-refractivity contribution is 5.26. The first kappa shape index (κ1) is 11.1. The summed E-state index contributed by atoms with van der Waals surface area (Å²) in [6.45, 7) is 2.38. The Morgan fingerprint density at radius 3 is 2.82 bits per heavy atom. The molecule has 2 aromatic rings. The van der Waals surface area contributed by atoms with Crippen LogP contribution in [0.5, 0.6) is 5.75 Å². The molecule has 0 aliphatic rings. The van der Waals surface area contributed by atoms with Crippen LogP contribution in [0.25, 0.3) is 0 Å². The SMILES string of the molecule is Cc1ccc(OCc2nnnn2CC#N)cc1. The van der Waals surface area contributed by atoms with Gasteiger partial charge in [0, 0.05) is 0 Å². The van der Waals surface area contributed by atoms with Crippen LogP contribution < -0.4 is 4.74 Å². The predicted octanol–water partition coefficient (Wildman–Crippen LogP) is 1.08. The van der Waals surface area contributed by atoms with E-state index >= 15 is 0 Å². The minimum atomic E-state index is 0.125. The second-order valence-corrected chi connectivity index (χ2v) is 3.51. The van der Waals surface area contributed by atoms with Gasteiger partial charge in [0.25, 0.3) is 0 Å². The first-order valence-electron chi connectivity index (χ1n) is 5.11. The Bertz CT molecular complexity index is 526. The number of nitriles is 1. The van der Waals surface area contributed by atoms with E-state index in [2.05, 4.69) is 15.5 Å². The highest BCUT2D eigenvalue weighted by Crippen LogP contribution is 2.12. The highest BCUT2D eigenvalue weighted by atomic mass is 16.5. The number of tetrazole rings is 1. The van der Waals surface area contributed by atoms with E-state index in [9.17, 15) is 0 Å². The molecule has 0 aliphatic heterocycles. The van der Waals surface area contributed by atoms with Crippen molar-refractivity contribution in [3.8, 4) is 11.8 Å². The molecule has 0 spiro atoms. The molecule has 0 saturated carbocycles. The molecule has 6 heteroatoms. The standard InChI is InChI=1S/C11H11N5O/c1-9-2-4-10(5-3-9)17-8-11-13-14-15-16(11)7-6-12/h2-5H,7-8H2,1H3. The van der Waals surface area contributed by atoms with Crippen molar-refractivity contribution in [2.75, 3.05) is 0 Å². The summed E-state index contributed by atoms with van der Waals surface area (Å²) in [6, 6.07) is 9.68. The molecule has 0 N–H and O–H groups in total. The second-order valence-electron chi connectivity index (χ2n) is 3.51. The molecule has 1 heterocycles. The fourth-order valence-electron chi connectivity index (χ4n) is 1.30. The zero-order chi connectivity index (χ0) is 12.1. The summed E-state index contributed by atoms with van der Waals surface area (Å²) in [5, 5.41) is 19.5. The highest BCUT2D eigenvalue weighted by Gasteiger charge is 2.05. The van der Waals surface area contributed by atoms with E-state index in [0.717, 1.165) is 5.75 Å². The van der Waals surface area contributed by atoms with Gasteiger partial charge < -0.3 is 4.74 Å². The first-order chi connectivity index (χ1) is 8.29. The van der Waals surface area contributed by atoms with Gasteiger partial charge in [-0.05, 0) is 29.5 Å². The van der Waals surface area contributed by atoms with Gasteiger partial charge in [0.2, 0.25) is 0 Å². The van der Waals surface area contributed by atoms with Crippen molar-refractivity contribution in [1.82, 2.24) is 20.2 Å². The maximum absolute atomic E-state index is 8.57. The molecular formula is C11H11N5O. The largest absolute Gasteiger partial charge is 0.486 e. The minimum Gasteiger partial charge on any atom is -0.486 e. The fourth-order valence-corrected chi connectivity index (χ4v) is 1.30. The Kier molecular flexibility index (Phi) is 3.31. The maximum atomic E-state index is 8.57. The van der Waals surface area contributed by atoms with Gasteiger partial charge in [0.05, 0.1) is 6.07 Å². The van der Waals surface area contributed by atoms with E-state index in [-0.39, 0.29) is 13.2 Å². The smallest absolute Gasteiger partial charge is 0.190 e. The average molecular weight is 229 g/mol. The molecule has 0 radical (unpaired) electrons. The van der Waals surface area contributed by atoms with Gasteiger partial charge >= 0.3 is 0 Å². The number of aryl methyl sites for hydroxylation is 1. The van der Waals surface area contributed by atoms with Gasteiger partial charge in [0.1, 0.15) is 18.9 Å². The van der Waals surface area contributed by atoms with E-state index in [1.165, 1.54) is 10.2 Å². The molecule has 2 rings (SSSR count). The first-order valence-corrected chi connectivity index (χ1v) is 5.11. The number of hydrogen-bond acceptors (Lipinski definition) is 5. The number of nitrogens with zero attached hydrogens (tertiary/aromatic N) is 5. The monoisotopic (exact) mass is 229 g/mol. The number of hydrogen-bond donors (Lipinski definition) is 0. The van der Waals surface area contributed by atoms with Gasteiger partial charge in [-0.3, -0.25) is 0 Å². The van der Waals surface area contributed by atoms with Gasteiger partial charge in [0.15, 0.2) is 5.82 Å². The molecule has 1 aromatic heterocycles. The fraction of sp³-hybridized carbons (Fsp3) is 0.273. The maximum Gasteiger partial charge on any atom is 0.190 e. The lowest BCUT2D eigenvalue weighted by molar-refractivity contribution is 0.288. The molecular weight excluding hydrogens is 218 g/mol. The molecule has 0 aliphatic carbocycles. The molecule has 0 unspecified atom stereocenters. The van der Waals surface area contributed by atoms with Gasteiger partial charge in [-0.25, -0.2) is 4.68 Å². The van der Waals surface area contributed by atoms with E-state index in [1.54, 1.807) is 0 Å². The molecule has 6 nitrogen and oxygen atoms in total. The van der Waals surface area contributed by atoms with E-state index < -0.39 is 0 Å². The number of ether oxygens (including phenoxy) is 1. The quantitative estimate of drug-likeness (QED) is 0.784. The zero-order valence-corrected chi connectivity index (χ0v) is 9.37. The van der Waals surface area contributed by atoms with Crippen LogP contribution in [0.15, 0.2) is 24.3 Å². The number of rotatable bonds is 4. The lowest BCUT2D eigenvalue weighted by atomic mass is 10.2. The third kappa shape index (κ3) is 2.78. The normalized spacial score (nSPS) is 9.88. The lowest BCUT2D eigenvalue weighted by Crippen LogP contribution is -2.07. The van der Waals surface area contributed by atoms with Gasteiger partial charge in [-0.15, -0.1) is 5.10 Å². The summed E-state index contributed by atoms with van der Waals surface area (Å²) < 4.78 is 6.93. The summed E-state index contributed by atoms with van der Waals surface area (Å²) in [6.07, 6.45) is 0. The third-order valence-corrected chi connectivity index (χ3v) is 2.22. The van der Waals surface area contributed by atoms with Gasteiger partial charge in [-0.1, -0.05) is 17.7 Å². The van der Waals surface area contributed by atoms with Crippen LogP contribution in [0.3, 0.4) is 0 Å². The lowest BCUT2D eigenvalue weighted by Gasteiger charge is -2.05. The van der Waals surface area contributed by atoms with Crippen molar-refractivity contribution >= 4 is 0 Å². The molecule has 0 atom stereocenters. The summed E-state index contributed by atoms with van der Waals surface area (Å²) in [7, 11) is 0. The Morgan fingerprint density at radius 2 is 2.12 bits per heavy atom. The van der Waals surface area contributed by atoms with Crippen LogP contribution in [0.2, 0.25) is 0 Å². The van der Waals surface area contributed by atoms with Crippen LogP contribution in [0.1, 0.15) is 11.4 Å². The topological polar surface area (TPSA) is 76.6 Å². The van der Waals surface area contributed by atoms with E-state index in [4.69, 9.17) is 10.00 Å². The molecule has 0 bridgehead atoms. The van der Waals surface area contributed by atoms with Gasteiger partial charge in [-0.2, -0.15) is 5.26 Å². The second kappa shape index (κ2) is 5.07. The molecule has 0 saturated heterocycles. The van der Waals surface area contributed by atoms with Crippen molar-refractivity contribution in [3.05, 3.63) is 35.7 Å². The number of aromatic nitrogens is 4. The van der Waals surface area contributed by atoms with E-state index in [0.29, 0.717) is 5.82 Å². The Morgan fingerprint density at radius 1 is 1.35 bits per heavy atom. The molecule has 17 heavy (non-hydrogen) atoms. The molecule has 0 amide bonds. The van der Waals surface area contributed by atoms with Crippen molar-refractivity contribution in [3.63, 3.8) is 0 Å². The van der Waals surface area contributed by atoms with Crippen molar-refractivity contribution < 1.29 is 4.74 Å². The van der Waals surface area contributed by atoms with Crippen LogP contribution in [0.4, 0.5) is 0 Å². The predicted molar refractivity (Wildman–Crippen MR) is 58.9 cm³/mol. The summed E-state index contributed by atoms with van der Waals surface area (Å²) in [4.78, 5) is 0. The minimum absolute atomic E-state index is 0.125. The molecule has 1 aromatic carbocycles. The third-order valence-electron chi connectivity index (χ3n) is 2.22. The average Bonchev–Trinajstić information content (AvgIpc) is 2.77. The van der Waals surface area contributed by atoms with Crippen LogP contribution in [-0.2, 0) is 13.2 Å². The Hall–Kier alpha value is -2.42. The van der Waals surface area contributed by atoms with Crippen molar-refractivity contribution in [2.45, 2.75) is 20.1 Å². The Labute approximate surface area is 98.4 Å². The molecule has 86 valence electrons. The van der Waals surface area contributed by atoms with Crippen LogP contribution >= 0.6 is 0 Å². The number of benzene rings is 1. The van der Waals surface area contributed by atoms with Crippen molar-refractivity contribution in [2.24, 2.45) is 0 Å². The summed E-state index contributed by atoms with van der Waals surface area (Å²) >= 11 is 0. The molecule has 0 fully saturated rings. The zero-order valence-electron chi connectivity index (χ0n) is 9.37. The van der Waals surface area contributed by atoms with Crippen LogP contribution in [-0.4, -0.2) is 20.2 Å². The van der Waals surface area contributed by atoms with Crippen molar-refractivity contribution in [1.29, 1.82) is 5.26 Å².